The number of aromatic nitrogens is 1. The van der Waals surface area contributed by atoms with Crippen LogP contribution < -0.4 is 5.76 Å². The first-order valence-corrected chi connectivity index (χ1v) is 4.92. The van der Waals surface area contributed by atoms with Gasteiger partial charge in [0.05, 0.1) is 16.6 Å². The van der Waals surface area contributed by atoms with Crippen LogP contribution in [0.15, 0.2) is 44.5 Å². The maximum atomic E-state index is 11.2. The summed E-state index contributed by atoms with van der Waals surface area (Å²) in [7, 11) is 0. The second-order valence-corrected chi connectivity index (χ2v) is 3.54. The molecule has 0 amide bonds. The number of aromatic amines is 1. The molecule has 0 radical (unpaired) electrons. The van der Waals surface area contributed by atoms with Crippen molar-refractivity contribution in [2.24, 2.45) is 4.99 Å². The summed E-state index contributed by atoms with van der Waals surface area (Å²) in [5.74, 6) is -0.530. The van der Waals surface area contributed by atoms with Gasteiger partial charge in [0, 0.05) is 0 Å². The molecule has 1 heterocycles. The quantitative estimate of drug-likeness (QED) is 0.510. The molecule has 0 saturated carbocycles. The topological polar surface area (TPSA) is 75.4 Å². The van der Waals surface area contributed by atoms with E-state index in [1.807, 2.05) is 12.1 Å². The zero-order chi connectivity index (χ0) is 11.8. The number of hydrogen-bond donors (Lipinski definition) is 1. The van der Waals surface area contributed by atoms with Crippen molar-refractivity contribution in [3.05, 3.63) is 40.9 Å². The second-order valence-electron chi connectivity index (χ2n) is 3.54. The predicted molar refractivity (Wildman–Crippen MR) is 62.1 cm³/mol. The zero-order valence-corrected chi connectivity index (χ0v) is 8.56. The lowest BCUT2D eigenvalue weighted by Crippen LogP contribution is -1.92. The molecule has 0 saturated heterocycles. The highest BCUT2D eigenvalue weighted by Gasteiger charge is 2.09. The average molecular weight is 226 g/mol. The van der Waals surface area contributed by atoms with E-state index in [1.165, 1.54) is 6.08 Å². The van der Waals surface area contributed by atoms with E-state index >= 15 is 0 Å². The summed E-state index contributed by atoms with van der Waals surface area (Å²) in [6, 6.07) is 8.87. The van der Waals surface area contributed by atoms with Crippen LogP contribution in [0.2, 0.25) is 0 Å². The maximum absolute atomic E-state index is 11.2. The highest BCUT2D eigenvalue weighted by Crippen LogP contribution is 2.31. The van der Waals surface area contributed by atoms with Gasteiger partial charge in [-0.3, -0.25) is 4.98 Å². The van der Waals surface area contributed by atoms with Gasteiger partial charge in [0.2, 0.25) is 6.08 Å². The third kappa shape index (κ3) is 1.38. The third-order valence-electron chi connectivity index (χ3n) is 2.57. The fourth-order valence-electron chi connectivity index (χ4n) is 1.90. The first-order valence-electron chi connectivity index (χ1n) is 4.92. The minimum atomic E-state index is -0.530. The number of aliphatic imine (C=N–C) groups is 1. The van der Waals surface area contributed by atoms with Gasteiger partial charge in [0.1, 0.15) is 0 Å². The van der Waals surface area contributed by atoms with Crippen molar-refractivity contribution in [3.63, 3.8) is 0 Å². The third-order valence-corrected chi connectivity index (χ3v) is 2.57. The van der Waals surface area contributed by atoms with E-state index in [9.17, 15) is 9.59 Å². The Bertz CT molecular complexity index is 822. The maximum Gasteiger partial charge on any atom is 0.417 e. The molecule has 1 aromatic heterocycles. The van der Waals surface area contributed by atoms with E-state index in [2.05, 4.69) is 9.98 Å². The van der Waals surface area contributed by atoms with Crippen LogP contribution in [0.3, 0.4) is 0 Å². The number of oxazole rings is 1. The Kier molecular flexibility index (Phi) is 1.93. The van der Waals surface area contributed by atoms with Crippen LogP contribution in [0.4, 0.5) is 5.69 Å². The summed E-state index contributed by atoms with van der Waals surface area (Å²) in [6.45, 7) is 0. The Hall–Kier alpha value is -2.65. The Balaban J connectivity index is 2.62. The first kappa shape index (κ1) is 9.57. The molecular formula is C12H6N2O3. The number of hydrogen-bond acceptors (Lipinski definition) is 4. The van der Waals surface area contributed by atoms with Gasteiger partial charge in [0.25, 0.3) is 0 Å². The van der Waals surface area contributed by atoms with E-state index in [1.54, 1.807) is 18.2 Å². The summed E-state index contributed by atoms with van der Waals surface area (Å²) in [4.78, 5) is 27.7. The highest BCUT2D eigenvalue weighted by molar-refractivity contribution is 6.09. The molecule has 2 aromatic carbocycles. The van der Waals surface area contributed by atoms with Crippen molar-refractivity contribution in [1.82, 2.24) is 4.98 Å². The number of H-pyrrole nitrogens is 1. The number of fused-ring (bicyclic) bond motifs is 3. The highest BCUT2D eigenvalue weighted by atomic mass is 16.4. The van der Waals surface area contributed by atoms with E-state index in [4.69, 9.17) is 4.42 Å². The standard InChI is InChI=1S/C12H6N2O3/c15-6-13-8-3-1-2-7-4-5-9-11(10(7)8)17-12(16)14-9/h1-5H,(H,14,16). The number of rotatable bonds is 1. The minimum Gasteiger partial charge on any atom is -0.407 e. The van der Waals surface area contributed by atoms with E-state index in [0.29, 0.717) is 22.2 Å². The monoisotopic (exact) mass is 226 g/mol. The van der Waals surface area contributed by atoms with Gasteiger partial charge in [-0.25, -0.2) is 9.59 Å². The van der Waals surface area contributed by atoms with Crippen molar-refractivity contribution in [3.8, 4) is 0 Å². The normalized spacial score (nSPS) is 10.6. The fourth-order valence-corrected chi connectivity index (χ4v) is 1.90. The molecule has 0 bridgehead atoms. The summed E-state index contributed by atoms with van der Waals surface area (Å²) in [5.41, 5.74) is 1.42. The molecular weight excluding hydrogens is 220 g/mol. The number of benzene rings is 2. The lowest BCUT2D eigenvalue weighted by atomic mass is 10.1. The Morgan fingerprint density at radius 2 is 2.12 bits per heavy atom. The largest absolute Gasteiger partial charge is 0.417 e. The smallest absolute Gasteiger partial charge is 0.407 e. The fraction of sp³-hybridized carbons (Fsp3) is 0. The van der Waals surface area contributed by atoms with Crippen molar-refractivity contribution < 1.29 is 9.21 Å². The number of nitrogens with zero attached hydrogens (tertiary/aromatic N) is 1. The van der Waals surface area contributed by atoms with Gasteiger partial charge in [-0.15, -0.1) is 0 Å². The molecule has 82 valence electrons. The van der Waals surface area contributed by atoms with E-state index in [-0.39, 0.29) is 0 Å². The predicted octanol–water partition coefficient (Wildman–Crippen LogP) is 2.24. The van der Waals surface area contributed by atoms with E-state index < -0.39 is 5.76 Å². The van der Waals surface area contributed by atoms with Crippen molar-refractivity contribution in [1.29, 1.82) is 0 Å². The lowest BCUT2D eigenvalue weighted by molar-refractivity contribution is 0.558. The molecule has 0 atom stereocenters. The SMILES string of the molecule is O=C=Nc1cccc2ccc3[nH]c(=O)oc3c12. The zero-order valence-electron chi connectivity index (χ0n) is 8.56. The molecule has 3 aromatic rings. The molecule has 17 heavy (non-hydrogen) atoms. The second kappa shape index (κ2) is 3.43. The lowest BCUT2D eigenvalue weighted by Gasteiger charge is -2.00. The van der Waals surface area contributed by atoms with Gasteiger partial charge in [0.15, 0.2) is 5.58 Å². The number of isocyanates is 1. The van der Waals surface area contributed by atoms with Crippen LogP contribution in [-0.4, -0.2) is 11.1 Å². The molecule has 1 N–H and O–H groups in total. The molecule has 0 fully saturated rings. The van der Waals surface area contributed by atoms with Gasteiger partial charge >= 0.3 is 5.76 Å². The van der Waals surface area contributed by atoms with Crippen LogP contribution in [0.5, 0.6) is 0 Å². The molecule has 0 aliphatic rings. The number of carbonyl (C=O) groups excluding carboxylic acids is 1. The van der Waals surface area contributed by atoms with Crippen LogP contribution in [0.25, 0.3) is 21.9 Å². The summed E-state index contributed by atoms with van der Waals surface area (Å²) in [6.07, 6.45) is 1.49. The molecule has 0 aliphatic heterocycles. The molecule has 0 spiro atoms. The van der Waals surface area contributed by atoms with Gasteiger partial charge in [-0.2, -0.15) is 4.99 Å². The van der Waals surface area contributed by atoms with Crippen LogP contribution in [-0.2, 0) is 4.79 Å². The molecule has 3 rings (SSSR count). The summed E-state index contributed by atoms with van der Waals surface area (Å²) in [5, 5.41) is 1.48. The van der Waals surface area contributed by atoms with Crippen molar-refractivity contribution >= 4 is 33.6 Å². The van der Waals surface area contributed by atoms with Crippen LogP contribution in [0.1, 0.15) is 0 Å². The average Bonchev–Trinajstić information content (AvgIpc) is 2.70. The molecule has 5 heteroatoms. The van der Waals surface area contributed by atoms with Crippen molar-refractivity contribution in [2.75, 3.05) is 0 Å². The van der Waals surface area contributed by atoms with Gasteiger partial charge in [-0.05, 0) is 17.5 Å². The molecule has 5 nitrogen and oxygen atoms in total. The molecule has 0 aliphatic carbocycles. The first-order chi connectivity index (χ1) is 8.29. The Morgan fingerprint density at radius 1 is 1.24 bits per heavy atom. The van der Waals surface area contributed by atoms with Gasteiger partial charge in [-0.1, -0.05) is 18.2 Å². The van der Waals surface area contributed by atoms with Gasteiger partial charge < -0.3 is 4.42 Å². The van der Waals surface area contributed by atoms with Crippen LogP contribution >= 0.6 is 0 Å². The van der Waals surface area contributed by atoms with Crippen molar-refractivity contribution in [2.45, 2.75) is 0 Å². The minimum absolute atomic E-state index is 0.405. The van der Waals surface area contributed by atoms with E-state index in [0.717, 1.165) is 5.39 Å². The summed E-state index contributed by atoms with van der Waals surface area (Å²) >= 11 is 0. The number of nitrogens with one attached hydrogen (secondary N) is 1. The Labute approximate surface area is 94.4 Å². The molecule has 0 unspecified atom stereocenters. The van der Waals surface area contributed by atoms with Crippen LogP contribution in [0, 0.1) is 0 Å². The summed E-state index contributed by atoms with van der Waals surface area (Å²) < 4.78 is 5.07. The Morgan fingerprint density at radius 3 is 2.94 bits per heavy atom.